The third-order valence-electron chi connectivity index (χ3n) is 3.83. The average Bonchev–Trinajstić information content (AvgIpc) is 2.82. The van der Waals surface area contributed by atoms with Gasteiger partial charge >= 0.3 is 0 Å². The van der Waals surface area contributed by atoms with Crippen molar-refractivity contribution >= 4 is 23.2 Å². The monoisotopic (exact) mass is 289 g/mol. The van der Waals surface area contributed by atoms with Crippen LogP contribution in [0.1, 0.15) is 25.8 Å². The summed E-state index contributed by atoms with van der Waals surface area (Å²) in [5, 5.41) is 2.87. The van der Waals surface area contributed by atoms with Crippen LogP contribution in [0.15, 0.2) is 18.2 Å². The number of amides is 2. The lowest BCUT2D eigenvalue weighted by Gasteiger charge is -2.20. The summed E-state index contributed by atoms with van der Waals surface area (Å²) in [7, 11) is 0. The maximum Gasteiger partial charge on any atom is 0.227 e. The number of nitrogens with two attached hydrogens (primary N) is 1. The highest BCUT2D eigenvalue weighted by atomic mass is 16.2. The fourth-order valence-electron chi connectivity index (χ4n) is 2.44. The summed E-state index contributed by atoms with van der Waals surface area (Å²) in [6, 6.07) is 5.65. The van der Waals surface area contributed by atoms with Crippen LogP contribution in [-0.4, -0.2) is 24.9 Å². The second-order valence-corrected chi connectivity index (χ2v) is 5.96. The van der Waals surface area contributed by atoms with Crippen molar-refractivity contribution in [1.29, 1.82) is 0 Å². The number of nitrogens with zero attached hydrogens (tertiary/aromatic N) is 1. The molecule has 1 aliphatic rings. The molecular formula is C16H23N3O2. The molecule has 1 aromatic carbocycles. The van der Waals surface area contributed by atoms with Gasteiger partial charge in [-0.1, -0.05) is 19.9 Å². The first-order valence-electron chi connectivity index (χ1n) is 7.34. The number of aryl methyl sites for hydroxylation is 1. The molecular weight excluding hydrogens is 266 g/mol. The van der Waals surface area contributed by atoms with E-state index in [9.17, 15) is 9.59 Å². The molecule has 0 saturated carbocycles. The minimum absolute atomic E-state index is 0.0302. The zero-order valence-electron chi connectivity index (χ0n) is 12.8. The van der Waals surface area contributed by atoms with Crippen molar-refractivity contribution in [2.24, 2.45) is 17.6 Å². The maximum absolute atomic E-state index is 12.1. The number of benzene rings is 1. The molecule has 2 amide bonds. The fourth-order valence-corrected chi connectivity index (χ4v) is 2.44. The van der Waals surface area contributed by atoms with Gasteiger partial charge in [-0.25, -0.2) is 0 Å². The SMILES string of the molecule is Cc1ccc(NC(=O)C(C)C)cc1N1CC(CN)CC1=O. The molecule has 0 radical (unpaired) electrons. The maximum atomic E-state index is 12.1. The van der Waals surface area contributed by atoms with Crippen molar-refractivity contribution in [3.63, 3.8) is 0 Å². The van der Waals surface area contributed by atoms with E-state index in [0.717, 1.165) is 16.9 Å². The van der Waals surface area contributed by atoms with Crippen LogP contribution in [0.3, 0.4) is 0 Å². The molecule has 5 heteroatoms. The summed E-state index contributed by atoms with van der Waals surface area (Å²) in [5.41, 5.74) is 8.26. The molecule has 1 atom stereocenters. The molecule has 21 heavy (non-hydrogen) atoms. The first-order valence-corrected chi connectivity index (χ1v) is 7.34. The zero-order chi connectivity index (χ0) is 15.6. The van der Waals surface area contributed by atoms with E-state index in [1.165, 1.54) is 0 Å². The van der Waals surface area contributed by atoms with Gasteiger partial charge < -0.3 is 16.0 Å². The van der Waals surface area contributed by atoms with Crippen molar-refractivity contribution in [1.82, 2.24) is 0 Å². The van der Waals surface area contributed by atoms with E-state index < -0.39 is 0 Å². The van der Waals surface area contributed by atoms with Gasteiger partial charge in [0.15, 0.2) is 0 Å². The molecule has 114 valence electrons. The summed E-state index contributed by atoms with van der Waals surface area (Å²) in [6.45, 7) is 6.83. The lowest BCUT2D eigenvalue weighted by Crippen LogP contribution is -2.26. The largest absolute Gasteiger partial charge is 0.330 e. The minimum atomic E-state index is -0.0789. The molecule has 0 spiro atoms. The number of hydrogen-bond acceptors (Lipinski definition) is 3. The Morgan fingerprint density at radius 3 is 2.76 bits per heavy atom. The third kappa shape index (κ3) is 3.42. The van der Waals surface area contributed by atoms with Crippen LogP contribution in [0.25, 0.3) is 0 Å². The zero-order valence-corrected chi connectivity index (χ0v) is 12.8. The Kier molecular flexibility index (Phi) is 4.63. The molecule has 0 bridgehead atoms. The number of nitrogens with one attached hydrogen (secondary N) is 1. The fraction of sp³-hybridized carbons (Fsp3) is 0.500. The lowest BCUT2D eigenvalue weighted by molar-refractivity contribution is -0.119. The van der Waals surface area contributed by atoms with E-state index in [2.05, 4.69) is 5.32 Å². The van der Waals surface area contributed by atoms with E-state index in [0.29, 0.717) is 19.5 Å². The Bertz CT molecular complexity index is 554. The Labute approximate surface area is 125 Å². The molecule has 1 aliphatic heterocycles. The summed E-state index contributed by atoms with van der Waals surface area (Å²) < 4.78 is 0. The second kappa shape index (κ2) is 6.26. The van der Waals surface area contributed by atoms with Crippen molar-refractivity contribution in [2.75, 3.05) is 23.3 Å². The summed E-state index contributed by atoms with van der Waals surface area (Å²) in [6.07, 6.45) is 0.499. The molecule has 3 N–H and O–H groups in total. The van der Waals surface area contributed by atoms with Gasteiger partial charge in [-0.3, -0.25) is 9.59 Å². The molecule has 1 heterocycles. The standard InChI is InChI=1S/C16H23N3O2/c1-10(2)16(21)18-13-5-4-11(3)14(7-13)19-9-12(8-17)6-15(19)20/h4-5,7,10,12H,6,8-9,17H2,1-3H3,(H,18,21). The number of carbonyl (C=O) groups is 2. The van der Waals surface area contributed by atoms with Crippen LogP contribution in [0.2, 0.25) is 0 Å². The highest BCUT2D eigenvalue weighted by molar-refractivity contribution is 5.98. The van der Waals surface area contributed by atoms with Crippen LogP contribution in [-0.2, 0) is 9.59 Å². The highest BCUT2D eigenvalue weighted by Crippen LogP contribution is 2.30. The van der Waals surface area contributed by atoms with Crippen LogP contribution in [0, 0.1) is 18.8 Å². The average molecular weight is 289 g/mol. The lowest BCUT2D eigenvalue weighted by atomic mass is 10.1. The normalized spacial score (nSPS) is 18.4. The van der Waals surface area contributed by atoms with Gasteiger partial charge in [0.25, 0.3) is 0 Å². The number of hydrogen-bond donors (Lipinski definition) is 2. The van der Waals surface area contributed by atoms with Crippen molar-refractivity contribution in [3.8, 4) is 0 Å². The van der Waals surface area contributed by atoms with E-state index >= 15 is 0 Å². The molecule has 0 aliphatic carbocycles. The quantitative estimate of drug-likeness (QED) is 0.889. The van der Waals surface area contributed by atoms with Crippen LogP contribution in [0.4, 0.5) is 11.4 Å². The van der Waals surface area contributed by atoms with Crippen LogP contribution >= 0.6 is 0 Å². The number of rotatable bonds is 4. The Balaban J connectivity index is 2.23. The summed E-state index contributed by atoms with van der Waals surface area (Å²) >= 11 is 0. The van der Waals surface area contributed by atoms with Gasteiger partial charge in [0, 0.05) is 30.3 Å². The van der Waals surface area contributed by atoms with Crippen LogP contribution in [0.5, 0.6) is 0 Å². The van der Waals surface area contributed by atoms with Gasteiger partial charge in [0.05, 0.1) is 0 Å². The van der Waals surface area contributed by atoms with Crippen molar-refractivity contribution in [2.45, 2.75) is 27.2 Å². The van der Waals surface area contributed by atoms with E-state index in [1.807, 2.05) is 39.0 Å². The first kappa shape index (κ1) is 15.5. The predicted octanol–water partition coefficient (Wildman–Crippen LogP) is 1.90. The molecule has 1 aromatic rings. The van der Waals surface area contributed by atoms with Crippen LogP contribution < -0.4 is 16.0 Å². The second-order valence-electron chi connectivity index (χ2n) is 5.96. The first-order chi connectivity index (χ1) is 9.92. The number of anilines is 2. The molecule has 1 saturated heterocycles. The van der Waals surface area contributed by atoms with Crippen molar-refractivity contribution < 1.29 is 9.59 Å². The molecule has 2 rings (SSSR count). The smallest absolute Gasteiger partial charge is 0.227 e. The van der Waals surface area contributed by atoms with Gasteiger partial charge in [-0.15, -0.1) is 0 Å². The van der Waals surface area contributed by atoms with E-state index in [4.69, 9.17) is 5.73 Å². The molecule has 5 nitrogen and oxygen atoms in total. The van der Waals surface area contributed by atoms with E-state index in [1.54, 1.807) is 4.90 Å². The Morgan fingerprint density at radius 2 is 2.19 bits per heavy atom. The predicted molar refractivity (Wildman–Crippen MR) is 84.2 cm³/mol. The van der Waals surface area contributed by atoms with Gasteiger partial charge in [-0.05, 0) is 37.1 Å². The van der Waals surface area contributed by atoms with Gasteiger partial charge in [0.2, 0.25) is 11.8 Å². The highest BCUT2D eigenvalue weighted by Gasteiger charge is 2.30. The van der Waals surface area contributed by atoms with Crippen molar-refractivity contribution in [3.05, 3.63) is 23.8 Å². The molecule has 1 unspecified atom stereocenters. The summed E-state index contributed by atoms with van der Waals surface area (Å²) in [4.78, 5) is 25.7. The third-order valence-corrected chi connectivity index (χ3v) is 3.83. The Hall–Kier alpha value is -1.88. The molecule has 1 fully saturated rings. The Morgan fingerprint density at radius 1 is 1.48 bits per heavy atom. The number of carbonyl (C=O) groups excluding carboxylic acids is 2. The minimum Gasteiger partial charge on any atom is -0.330 e. The topological polar surface area (TPSA) is 75.4 Å². The summed E-state index contributed by atoms with van der Waals surface area (Å²) in [5.74, 6) is 0.203. The van der Waals surface area contributed by atoms with E-state index in [-0.39, 0.29) is 23.7 Å². The van der Waals surface area contributed by atoms with Gasteiger partial charge in [-0.2, -0.15) is 0 Å². The van der Waals surface area contributed by atoms with Gasteiger partial charge in [0.1, 0.15) is 0 Å². The molecule has 0 aromatic heterocycles.